The van der Waals surface area contributed by atoms with Crippen LogP contribution in [0.2, 0.25) is 0 Å². The average Bonchev–Trinajstić information content (AvgIpc) is 2.80. The van der Waals surface area contributed by atoms with Crippen LogP contribution in [0.1, 0.15) is 33.1 Å². The van der Waals surface area contributed by atoms with Crippen LogP contribution < -0.4 is 0 Å². The highest BCUT2D eigenvalue weighted by Gasteiger charge is 2.53. The van der Waals surface area contributed by atoms with E-state index in [1.54, 1.807) is 0 Å². The van der Waals surface area contributed by atoms with Gasteiger partial charge in [-0.15, -0.1) is 0 Å². The molecule has 3 aliphatic heterocycles. The molecule has 4 heteroatoms. The van der Waals surface area contributed by atoms with Crippen molar-refractivity contribution in [3.63, 3.8) is 0 Å². The molecule has 0 aromatic carbocycles. The summed E-state index contributed by atoms with van der Waals surface area (Å²) in [5.74, 6) is 1.05. The summed E-state index contributed by atoms with van der Waals surface area (Å²) in [5, 5.41) is 0. The lowest BCUT2D eigenvalue weighted by Gasteiger charge is -2.31. The van der Waals surface area contributed by atoms with E-state index < -0.39 is 5.72 Å². The van der Waals surface area contributed by atoms with Crippen LogP contribution in [-0.2, 0) is 14.3 Å². The van der Waals surface area contributed by atoms with Crippen LogP contribution in [-0.4, -0.2) is 42.4 Å². The second-order valence-corrected chi connectivity index (χ2v) is 5.91. The van der Waals surface area contributed by atoms with Gasteiger partial charge in [-0.3, -0.25) is 4.79 Å². The first-order valence-electron chi connectivity index (χ1n) is 6.64. The first-order chi connectivity index (χ1) is 8.09. The molecule has 1 amide bonds. The predicted octanol–water partition coefficient (Wildman–Crippen LogP) is 1.40. The summed E-state index contributed by atoms with van der Waals surface area (Å²) >= 11 is 0. The van der Waals surface area contributed by atoms with Crippen LogP contribution in [0.5, 0.6) is 0 Å². The minimum Gasteiger partial charge on any atom is -0.381 e. The molecule has 2 unspecified atom stereocenters. The molecular formula is C13H21NO3. The van der Waals surface area contributed by atoms with Crippen molar-refractivity contribution < 1.29 is 14.3 Å². The van der Waals surface area contributed by atoms with E-state index >= 15 is 0 Å². The summed E-state index contributed by atoms with van der Waals surface area (Å²) in [4.78, 5) is 14.5. The molecule has 0 radical (unpaired) electrons. The largest absolute Gasteiger partial charge is 0.381 e. The third kappa shape index (κ3) is 1.78. The van der Waals surface area contributed by atoms with Crippen molar-refractivity contribution in [3.8, 4) is 0 Å². The van der Waals surface area contributed by atoms with Crippen molar-refractivity contribution in [1.29, 1.82) is 0 Å². The molecule has 4 nitrogen and oxygen atoms in total. The summed E-state index contributed by atoms with van der Waals surface area (Å²) in [7, 11) is 0. The predicted molar refractivity (Wildman–Crippen MR) is 62.3 cm³/mol. The third-order valence-corrected chi connectivity index (χ3v) is 4.49. The summed E-state index contributed by atoms with van der Waals surface area (Å²) in [5.41, 5.74) is -0.401. The maximum Gasteiger partial charge on any atom is 0.228 e. The standard InChI is InChI=1S/C13H21NO3/c1-13(2)14-10(8-17-13)7-11(12(14)15)9-3-5-16-6-4-9/h9-11H,3-8H2,1-2H3. The van der Waals surface area contributed by atoms with Gasteiger partial charge in [0.2, 0.25) is 5.91 Å². The topological polar surface area (TPSA) is 38.8 Å². The maximum absolute atomic E-state index is 12.5. The quantitative estimate of drug-likeness (QED) is 0.694. The number of hydrogen-bond donors (Lipinski definition) is 0. The maximum atomic E-state index is 12.5. The first-order valence-corrected chi connectivity index (χ1v) is 6.64. The highest BCUT2D eigenvalue weighted by molar-refractivity contribution is 5.82. The summed E-state index contributed by atoms with van der Waals surface area (Å²) in [6, 6.07) is 0.311. The highest BCUT2D eigenvalue weighted by Crippen LogP contribution is 2.42. The zero-order valence-corrected chi connectivity index (χ0v) is 10.6. The van der Waals surface area contributed by atoms with Gasteiger partial charge in [0.1, 0.15) is 5.72 Å². The summed E-state index contributed by atoms with van der Waals surface area (Å²) < 4.78 is 11.1. The SMILES string of the molecule is CC1(C)OCC2CC(C3CCOCC3)C(=O)N21. The van der Waals surface area contributed by atoms with Gasteiger partial charge in [0.15, 0.2) is 0 Å². The van der Waals surface area contributed by atoms with Gasteiger partial charge in [0.25, 0.3) is 0 Å². The van der Waals surface area contributed by atoms with Gasteiger partial charge in [-0.05, 0) is 39.0 Å². The Bertz CT molecular complexity index is 323. The number of nitrogens with zero attached hydrogens (tertiary/aromatic N) is 1. The number of amides is 1. The van der Waals surface area contributed by atoms with Crippen LogP contribution in [0.15, 0.2) is 0 Å². The molecule has 3 fully saturated rings. The van der Waals surface area contributed by atoms with Gasteiger partial charge in [0, 0.05) is 19.1 Å². The Morgan fingerprint density at radius 1 is 1.29 bits per heavy atom. The number of ether oxygens (including phenoxy) is 2. The second-order valence-electron chi connectivity index (χ2n) is 5.91. The van der Waals surface area contributed by atoms with E-state index in [1.807, 2.05) is 18.7 Å². The van der Waals surface area contributed by atoms with E-state index in [0.29, 0.717) is 24.5 Å². The lowest BCUT2D eigenvalue weighted by Crippen LogP contribution is -2.45. The zero-order chi connectivity index (χ0) is 12.0. The van der Waals surface area contributed by atoms with Crippen molar-refractivity contribution in [2.24, 2.45) is 11.8 Å². The third-order valence-electron chi connectivity index (χ3n) is 4.49. The second kappa shape index (κ2) is 3.95. The molecule has 0 aliphatic carbocycles. The first kappa shape index (κ1) is 11.5. The Morgan fingerprint density at radius 2 is 2.00 bits per heavy atom. The van der Waals surface area contributed by atoms with Crippen molar-refractivity contribution >= 4 is 5.91 Å². The normalized spacial score (nSPS) is 37.5. The molecule has 0 aromatic heterocycles. The zero-order valence-electron chi connectivity index (χ0n) is 10.6. The average molecular weight is 239 g/mol. The van der Waals surface area contributed by atoms with E-state index in [2.05, 4.69) is 0 Å². The van der Waals surface area contributed by atoms with Gasteiger partial charge in [0.05, 0.1) is 12.6 Å². The Kier molecular flexibility index (Phi) is 2.67. The van der Waals surface area contributed by atoms with E-state index in [1.165, 1.54) is 0 Å². The highest BCUT2D eigenvalue weighted by atomic mass is 16.5. The lowest BCUT2D eigenvalue weighted by atomic mass is 9.84. The smallest absolute Gasteiger partial charge is 0.228 e. The molecule has 3 aliphatic rings. The minimum absolute atomic E-state index is 0.215. The van der Waals surface area contributed by atoms with E-state index in [-0.39, 0.29) is 5.92 Å². The fourth-order valence-electron chi connectivity index (χ4n) is 3.59. The van der Waals surface area contributed by atoms with Crippen molar-refractivity contribution in [1.82, 2.24) is 4.90 Å². The Hall–Kier alpha value is -0.610. The molecule has 3 rings (SSSR count). The molecule has 3 heterocycles. The fourth-order valence-corrected chi connectivity index (χ4v) is 3.59. The van der Waals surface area contributed by atoms with Gasteiger partial charge in [-0.25, -0.2) is 0 Å². The van der Waals surface area contributed by atoms with Crippen molar-refractivity contribution in [2.75, 3.05) is 19.8 Å². The molecule has 0 bridgehead atoms. The summed E-state index contributed by atoms with van der Waals surface area (Å²) in [6.45, 7) is 6.34. The fraction of sp³-hybridized carbons (Fsp3) is 0.923. The van der Waals surface area contributed by atoms with Crippen LogP contribution >= 0.6 is 0 Å². The Balaban J connectivity index is 1.75. The van der Waals surface area contributed by atoms with Gasteiger partial charge in [-0.1, -0.05) is 0 Å². The molecule has 2 atom stereocenters. The molecule has 0 aromatic rings. The van der Waals surface area contributed by atoms with Crippen LogP contribution in [0.3, 0.4) is 0 Å². The minimum atomic E-state index is -0.401. The van der Waals surface area contributed by atoms with Gasteiger partial charge < -0.3 is 14.4 Å². The van der Waals surface area contributed by atoms with Gasteiger partial charge in [-0.2, -0.15) is 0 Å². The lowest BCUT2D eigenvalue weighted by molar-refractivity contribution is -0.147. The molecule has 0 N–H and O–H groups in total. The van der Waals surface area contributed by atoms with E-state index in [0.717, 1.165) is 32.5 Å². The van der Waals surface area contributed by atoms with Crippen molar-refractivity contribution in [2.45, 2.75) is 44.9 Å². The molecule has 0 spiro atoms. The van der Waals surface area contributed by atoms with Crippen LogP contribution in [0.25, 0.3) is 0 Å². The van der Waals surface area contributed by atoms with E-state index in [4.69, 9.17) is 9.47 Å². The van der Waals surface area contributed by atoms with E-state index in [9.17, 15) is 4.79 Å². The molecular weight excluding hydrogens is 218 g/mol. The van der Waals surface area contributed by atoms with Crippen molar-refractivity contribution in [3.05, 3.63) is 0 Å². The number of rotatable bonds is 1. The monoisotopic (exact) mass is 239 g/mol. The molecule has 96 valence electrons. The number of carbonyl (C=O) groups excluding carboxylic acids is 1. The Morgan fingerprint density at radius 3 is 2.65 bits per heavy atom. The number of fused-ring (bicyclic) bond motifs is 1. The number of hydrogen-bond acceptors (Lipinski definition) is 3. The number of carbonyl (C=O) groups is 1. The van der Waals surface area contributed by atoms with Crippen LogP contribution in [0.4, 0.5) is 0 Å². The van der Waals surface area contributed by atoms with Gasteiger partial charge >= 0.3 is 0 Å². The molecule has 17 heavy (non-hydrogen) atoms. The Labute approximate surface area is 102 Å². The molecule has 3 saturated heterocycles. The summed E-state index contributed by atoms with van der Waals surface area (Å²) in [6.07, 6.45) is 3.06. The molecule has 0 saturated carbocycles. The van der Waals surface area contributed by atoms with Crippen LogP contribution in [0, 0.1) is 11.8 Å².